The van der Waals surface area contributed by atoms with Gasteiger partial charge in [0.15, 0.2) is 0 Å². The third-order valence-electron chi connectivity index (χ3n) is 3.45. The van der Waals surface area contributed by atoms with E-state index in [2.05, 4.69) is 14.9 Å². The van der Waals surface area contributed by atoms with Crippen LogP contribution in [-0.2, 0) is 9.53 Å². The lowest BCUT2D eigenvalue weighted by molar-refractivity contribution is -0.146. The summed E-state index contributed by atoms with van der Waals surface area (Å²) >= 11 is 0. The molecule has 0 N–H and O–H groups in total. The van der Waals surface area contributed by atoms with Gasteiger partial charge in [-0.2, -0.15) is 4.98 Å². The summed E-state index contributed by atoms with van der Waals surface area (Å²) in [6, 6.07) is 1.86. The molecule has 0 radical (unpaired) electrons. The van der Waals surface area contributed by atoms with Crippen molar-refractivity contribution in [3.63, 3.8) is 0 Å². The molecule has 0 saturated carbocycles. The van der Waals surface area contributed by atoms with E-state index < -0.39 is 0 Å². The van der Waals surface area contributed by atoms with Gasteiger partial charge in [0.25, 0.3) is 0 Å². The van der Waals surface area contributed by atoms with Gasteiger partial charge >= 0.3 is 5.97 Å². The first kappa shape index (κ1) is 14.6. The molecule has 1 aromatic heterocycles. The Morgan fingerprint density at radius 1 is 1.40 bits per heavy atom. The van der Waals surface area contributed by atoms with E-state index in [0.717, 1.165) is 31.7 Å². The van der Waals surface area contributed by atoms with Crippen molar-refractivity contribution >= 4 is 11.8 Å². The van der Waals surface area contributed by atoms with Gasteiger partial charge in [-0.3, -0.25) is 4.79 Å². The predicted molar refractivity (Wildman–Crippen MR) is 74.9 cm³/mol. The normalized spacial score (nSPS) is 16.1. The van der Waals surface area contributed by atoms with Crippen LogP contribution in [0.2, 0.25) is 0 Å². The summed E-state index contributed by atoms with van der Waals surface area (Å²) in [5.74, 6) is 2.06. The highest BCUT2D eigenvalue weighted by Crippen LogP contribution is 2.24. The number of aromatic nitrogens is 2. The van der Waals surface area contributed by atoms with Gasteiger partial charge in [0.2, 0.25) is 5.88 Å². The maximum Gasteiger partial charge on any atom is 0.308 e. The summed E-state index contributed by atoms with van der Waals surface area (Å²) in [5, 5.41) is 0. The molecule has 6 heteroatoms. The number of anilines is 1. The average Bonchev–Trinajstić information content (AvgIpc) is 2.46. The van der Waals surface area contributed by atoms with E-state index in [1.807, 2.05) is 19.9 Å². The lowest BCUT2D eigenvalue weighted by atomic mass is 9.97. The molecule has 1 aliphatic heterocycles. The predicted octanol–water partition coefficient (Wildman–Crippen LogP) is 1.57. The van der Waals surface area contributed by atoms with Gasteiger partial charge in [-0.15, -0.1) is 0 Å². The summed E-state index contributed by atoms with van der Waals surface area (Å²) in [7, 11) is 1.44. The number of hydrogen-bond acceptors (Lipinski definition) is 6. The third kappa shape index (κ3) is 3.37. The molecule has 0 aromatic carbocycles. The summed E-state index contributed by atoms with van der Waals surface area (Å²) in [6.07, 6.45) is 1.58. The van der Waals surface area contributed by atoms with Gasteiger partial charge < -0.3 is 14.4 Å². The number of methoxy groups -OCH3 is 1. The average molecular weight is 279 g/mol. The van der Waals surface area contributed by atoms with Crippen LogP contribution in [0.15, 0.2) is 6.07 Å². The van der Waals surface area contributed by atoms with Crippen molar-refractivity contribution in [1.82, 2.24) is 9.97 Å². The highest BCUT2D eigenvalue weighted by atomic mass is 16.5. The molecular formula is C14H21N3O3. The van der Waals surface area contributed by atoms with Crippen LogP contribution in [0.25, 0.3) is 0 Å². The second-order valence-electron chi connectivity index (χ2n) is 4.83. The van der Waals surface area contributed by atoms with Crippen LogP contribution < -0.4 is 9.64 Å². The Balaban J connectivity index is 2.04. The molecule has 20 heavy (non-hydrogen) atoms. The highest BCUT2D eigenvalue weighted by Gasteiger charge is 2.26. The summed E-state index contributed by atoms with van der Waals surface area (Å²) < 4.78 is 10.2. The minimum absolute atomic E-state index is 0.00514. The van der Waals surface area contributed by atoms with Gasteiger partial charge in [0.05, 0.1) is 19.6 Å². The van der Waals surface area contributed by atoms with Crippen LogP contribution in [0.3, 0.4) is 0 Å². The Labute approximate surface area is 119 Å². The van der Waals surface area contributed by atoms with Crippen molar-refractivity contribution in [3.8, 4) is 5.88 Å². The van der Waals surface area contributed by atoms with E-state index in [4.69, 9.17) is 9.47 Å². The summed E-state index contributed by atoms with van der Waals surface area (Å²) in [5.41, 5.74) is 0. The molecule has 0 bridgehead atoms. The van der Waals surface area contributed by atoms with Crippen LogP contribution in [0.1, 0.15) is 25.6 Å². The number of hydrogen-bond donors (Lipinski definition) is 0. The van der Waals surface area contributed by atoms with E-state index in [-0.39, 0.29) is 11.9 Å². The zero-order valence-corrected chi connectivity index (χ0v) is 12.3. The largest absolute Gasteiger partial charge is 0.478 e. The summed E-state index contributed by atoms with van der Waals surface area (Å²) in [6.45, 7) is 5.95. The molecule has 2 heterocycles. The van der Waals surface area contributed by atoms with Crippen molar-refractivity contribution < 1.29 is 14.3 Å². The maximum absolute atomic E-state index is 11.5. The molecule has 0 aliphatic carbocycles. The topological polar surface area (TPSA) is 64.5 Å². The Bertz CT molecular complexity index is 471. The SMILES string of the molecule is CCOc1cc(N2CCC(C(=O)OC)CC2)nc(C)n1. The van der Waals surface area contributed by atoms with Gasteiger partial charge in [0.1, 0.15) is 11.6 Å². The zero-order chi connectivity index (χ0) is 14.5. The number of rotatable bonds is 4. The number of carbonyl (C=O) groups excluding carboxylic acids is 1. The molecule has 0 amide bonds. The minimum atomic E-state index is -0.112. The van der Waals surface area contributed by atoms with Crippen LogP contribution in [-0.4, -0.2) is 42.7 Å². The monoisotopic (exact) mass is 279 g/mol. The van der Waals surface area contributed by atoms with Crippen molar-refractivity contribution in [2.75, 3.05) is 31.7 Å². The fourth-order valence-corrected chi connectivity index (χ4v) is 2.42. The first-order valence-corrected chi connectivity index (χ1v) is 6.95. The van der Waals surface area contributed by atoms with Crippen molar-refractivity contribution in [3.05, 3.63) is 11.9 Å². The lowest BCUT2D eigenvalue weighted by Gasteiger charge is -2.31. The van der Waals surface area contributed by atoms with Crippen LogP contribution in [0.5, 0.6) is 5.88 Å². The number of piperidine rings is 1. The molecule has 2 rings (SSSR count). The fraction of sp³-hybridized carbons (Fsp3) is 0.643. The third-order valence-corrected chi connectivity index (χ3v) is 3.45. The van der Waals surface area contributed by atoms with Crippen LogP contribution >= 0.6 is 0 Å². The molecule has 1 saturated heterocycles. The molecule has 0 atom stereocenters. The van der Waals surface area contributed by atoms with E-state index >= 15 is 0 Å². The smallest absolute Gasteiger partial charge is 0.308 e. The molecule has 0 unspecified atom stereocenters. The van der Waals surface area contributed by atoms with Gasteiger partial charge in [-0.25, -0.2) is 4.98 Å². The van der Waals surface area contributed by atoms with Crippen LogP contribution in [0.4, 0.5) is 5.82 Å². The molecule has 0 spiro atoms. The number of carbonyl (C=O) groups is 1. The second-order valence-corrected chi connectivity index (χ2v) is 4.83. The Kier molecular flexibility index (Phi) is 4.76. The first-order chi connectivity index (χ1) is 9.63. The number of esters is 1. The maximum atomic E-state index is 11.5. The van der Waals surface area contributed by atoms with Crippen molar-refractivity contribution in [2.24, 2.45) is 5.92 Å². The van der Waals surface area contributed by atoms with E-state index in [9.17, 15) is 4.79 Å². The zero-order valence-electron chi connectivity index (χ0n) is 12.3. The number of aryl methyl sites for hydroxylation is 1. The van der Waals surface area contributed by atoms with Gasteiger partial charge in [-0.05, 0) is 26.7 Å². The molecule has 1 aromatic rings. The minimum Gasteiger partial charge on any atom is -0.478 e. The summed E-state index contributed by atoms with van der Waals surface area (Å²) in [4.78, 5) is 22.4. The van der Waals surface area contributed by atoms with Crippen molar-refractivity contribution in [2.45, 2.75) is 26.7 Å². The lowest BCUT2D eigenvalue weighted by Crippen LogP contribution is -2.37. The number of nitrogens with zero attached hydrogens (tertiary/aromatic N) is 3. The van der Waals surface area contributed by atoms with E-state index in [0.29, 0.717) is 18.3 Å². The number of ether oxygens (including phenoxy) is 2. The molecule has 1 fully saturated rings. The standard InChI is InChI=1S/C14H21N3O3/c1-4-20-13-9-12(15-10(2)16-13)17-7-5-11(6-8-17)14(18)19-3/h9,11H,4-8H2,1-3H3. The fourth-order valence-electron chi connectivity index (χ4n) is 2.42. The Hall–Kier alpha value is -1.85. The Morgan fingerprint density at radius 3 is 2.70 bits per heavy atom. The molecule has 110 valence electrons. The molecule has 1 aliphatic rings. The van der Waals surface area contributed by atoms with Crippen molar-refractivity contribution in [1.29, 1.82) is 0 Å². The second kappa shape index (κ2) is 6.54. The Morgan fingerprint density at radius 2 is 2.10 bits per heavy atom. The van der Waals surface area contributed by atoms with Gasteiger partial charge in [0, 0.05) is 19.2 Å². The molecular weight excluding hydrogens is 258 g/mol. The quantitative estimate of drug-likeness (QED) is 0.780. The van der Waals surface area contributed by atoms with E-state index in [1.54, 1.807) is 0 Å². The highest BCUT2D eigenvalue weighted by molar-refractivity contribution is 5.72. The van der Waals surface area contributed by atoms with E-state index in [1.165, 1.54) is 7.11 Å². The van der Waals surface area contributed by atoms with Crippen LogP contribution in [0, 0.1) is 12.8 Å². The van der Waals surface area contributed by atoms with Gasteiger partial charge in [-0.1, -0.05) is 0 Å². The molecule has 6 nitrogen and oxygen atoms in total. The first-order valence-electron chi connectivity index (χ1n) is 6.95.